The lowest BCUT2D eigenvalue weighted by Crippen LogP contribution is -2.42. The van der Waals surface area contributed by atoms with E-state index in [1.165, 1.54) is 0 Å². The molecule has 0 aliphatic carbocycles. The second-order valence-corrected chi connectivity index (χ2v) is 20.0. The van der Waals surface area contributed by atoms with Crippen molar-refractivity contribution in [3.8, 4) is 0 Å². The molecule has 0 spiro atoms. The van der Waals surface area contributed by atoms with Crippen molar-refractivity contribution in [3.63, 3.8) is 0 Å². The Morgan fingerprint density at radius 3 is 1.11 bits per heavy atom. The molecular formula is C25H46OP2. The van der Waals surface area contributed by atoms with Crippen LogP contribution in [0.25, 0.3) is 0 Å². The summed E-state index contributed by atoms with van der Waals surface area (Å²) >= 11 is 0. The summed E-state index contributed by atoms with van der Waals surface area (Å²) in [4.78, 5) is 0. The summed E-state index contributed by atoms with van der Waals surface area (Å²) in [5.74, 6) is 0. The van der Waals surface area contributed by atoms with Gasteiger partial charge in [-0.05, 0) is 26.2 Å². The van der Waals surface area contributed by atoms with Crippen molar-refractivity contribution in [1.82, 2.24) is 0 Å². The predicted molar refractivity (Wildman–Crippen MR) is 133 cm³/mol. The third kappa shape index (κ3) is 7.07. The summed E-state index contributed by atoms with van der Waals surface area (Å²) in [6, 6.07) is 10.5. The monoisotopic (exact) mass is 424 g/mol. The fraction of sp³-hybridized carbons (Fsp3) is 0.760. The average molecular weight is 425 g/mol. The molecular weight excluding hydrogens is 378 g/mol. The van der Waals surface area contributed by atoms with Crippen LogP contribution in [0.3, 0.4) is 0 Å². The topological polar surface area (TPSA) is 20.2 Å². The largest absolute Gasteiger partial charge is 0.384 e. The number of hydrogen-bond acceptors (Lipinski definition) is 1. The molecule has 0 unspecified atom stereocenters. The van der Waals surface area contributed by atoms with E-state index in [0.717, 1.165) is 17.9 Å². The third-order valence-electron chi connectivity index (χ3n) is 5.39. The molecule has 0 fully saturated rings. The Kier molecular flexibility index (Phi) is 8.06. The van der Waals surface area contributed by atoms with Crippen LogP contribution < -0.4 is 0 Å². The van der Waals surface area contributed by atoms with Gasteiger partial charge in [0.2, 0.25) is 0 Å². The third-order valence-corrected chi connectivity index (χ3v) is 13.5. The van der Waals surface area contributed by atoms with Crippen LogP contribution in [0.4, 0.5) is 0 Å². The summed E-state index contributed by atoms with van der Waals surface area (Å²) in [6.07, 6.45) is 1.73. The van der Waals surface area contributed by atoms with E-state index in [1.807, 2.05) is 0 Å². The van der Waals surface area contributed by atoms with Crippen LogP contribution in [0.5, 0.6) is 0 Å². The summed E-state index contributed by atoms with van der Waals surface area (Å²) in [5, 5.41) is 13.1. The Labute approximate surface area is 178 Å². The maximum Gasteiger partial charge on any atom is 0.0975 e. The fourth-order valence-electron chi connectivity index (χ4n) is 4.47. The molecule has 1 rings (SSSR count). The van der Waals surface area contributed by atoms with Crippen molar-refractivity contribution in [2.75, 3.05) is 12.3 Å². The molecule has 0 bridgehead atoms. The summed E-state index contributed by atoms with van der Waals surface area (Å²) < 4.78 is 0. The SMILES string of the molecule is CC(C)(C)P(CC(O)(CP(C(C)(C)C)C(C)(C)C)c1ccccc1)C(C)(C)C. The molecule has 3 heteroatoms. The lowest BCUT2D eigenvalue weighted by molar-refractivity contribution is 0.0851. The highest BCUT2D eigenvalue weighted by atomic mass is 31.1. The van der Waals surface area contributed by atoms with E-state index < -0.39 is 21.4 Å². The molecule has 0 saturated carbocycles. The minimum absolute atomic E-state index is 0.197. The van der Waals surface area contributed by atoms with Gasteiger partial charge in [-0.3, -0.25) is 0 Å². The molecule has 28 heavy (non-hydrogen) atoms. The number of hydrogen-bond donors (Lipinski definition) is 1. The zero-order valence-corrected chi connectivity index (χ0v) is 22.4. The zero-order valence-electron chi connectivity index (χ0n) is 20.6. The summed E-state index contributed by atoms with van der Waals surface area (Å²) in [6.45, 7) is 28.2. The average Bonchev–Trinajstić information content (AvgIpc) is 2.47. The van der Waals surface area contributed by atoms with Crippen LogP contribution in [-0.4, -0.2) is 38.1 Å². The molecule has 1 aromatic rings. The lowest BCUT2D eigenvalue weighted by Gasteiger charge is -2.50. The van der Waals surface area contributed by atoms with E-state index >= 15 is 0 Å². The smallest absolute Gasteiger partial charge is 0.0975 e. The Morgan fingerprint density at radius 2 is 0.857 bits per heavy atom. The van der Waals surface area contributed by atoms with Crippen molar-refractivity contribution >= 4 is 15.8 Å². The number of aliphatic hydroxyl groups is 1. The molecule has 0 radical (unpaired) electrons. The van der Waals surface area contributed by atoms with Crippen molar-refractivity contribution in [2.24, 2.45) is 0 Å². The molecule has 1 nitrogen and oxygen atoms in total. The summed E-state index contributed by atoms with van der Waals surface area (Å²) in [7, 11) is -0.793. The fourth-order valence-corrected chi connectivity index (χ4v) is 12.2. The van der Waals surface area contributed by atoms with E-state index in [9.17, 15) is 5.11 Å². The number of benzene rings is 1. The van der Waals surface area contributed by atoms with Gasteiger partial charge >= 0.3 is 0 Å². The molecule has 0 aliphatic rings. The van der Waals surface area contributed by atoms with Crippen molar-refractivity contribution in [3.05, 3.63) is 35.9 Å². The van der Waals surface area contributed by atoms with Gasteiger partial charge in [-0.1, -0.05) is 129 Å². The maximum atomic E-state index is 12.3. The van der Waals surface area contributed by atoms with Gasteiger partial charge in [-0.15, -0.1) is 0 Å². The van der Waals surface area contributed by atoms with E-state index in [4.69, 9.17) is 0 Å². The normalized spacial score (nSPS) is 14.8. The van der Waals surface area contributed by atoms with Gasteiger partial charge < -0.3 is 5.11 Å². The minimum Gasteiger partial charge on any atom is -0.384 e. The second-order valence-electron chi connectivity index (χ2n) is 12.3. The molecule has 1 N–H and O–H groups in total. The van der Waals surface area contributed by atoms with Gasteiger partial charge in [-0.25, -0.2) is 0 Å². The molecule has 0 aromatic heterocycles. The first kappa shape index (κ1) is 26.1. The Hall–Kier alpha value is 0.0400. The Balaban J connectivity index is 3.51. The van der Waals surface area contributed by atoms with E-state index in [0.29, 0.717) is 0 Å². The quantitative estimate of drug-likeness (QED) is 0.474. The maximum absolute atomic E-state index is 12.3. The Morgan fingerprint density at radius 1 is 0.571 bits per heavy atom. The van der Waals surface area contributed by atoms with E-state index in [1.54, 1.807) is 0 Å². The van der Waals surface area contributed by atoms with Crippen LogP contribution in [-0.2, 0) is 5.60 Å². The molecule has 162 valence electrons. The first-order valence-corrected chi connectivity index (χ1v) is 13.7. The van der Waals surface area contributed by atoms with Gasteiger partial charge in [0.1, 0.15) is 0 Å². The highest BCUT2D eigenvalue weighted by Gasteiger charge is 2.46. The molecule has 0 amide bonds. The van der Waals surface area contributed by atoms with Gasteiger partial charge in [0.05, 0.1) is 5.60 Å². The zero-order chi connectivity index (χ0) is 22.2. The van der Waals surface area contributed by atoms with Gasteiger partial charge in [0.25, 0.3) is 0 Å². The molecule has 0 atom stereocenters. The van der Waals surface area contributed by atoms with E-state index in [2.05, 4.69) is 113 Å². The van der Waals surface area contributed by atoms with Crippen molar-refractivity contribution in [2.45, 2.75) is 109 Å². The molecule has 0 aliphatic heterocycles. The van der Waals surface area contributed by atoms with E-state index in [-0.39, 0.29) is 20.6 Å². The first-order valence-electron chi connectivity index (χ1n) is 10.6. The van der Waals surface area contributed by atoms with Crippen LogP contribution in [0.15, 0.2) is 30.3 Å². The highest BCUT2D eigenvalue weighted by molar-refractivity contribution is 7.62. The molecule has 0 saturated heterocycles. The van der Waals surface area contributed by atoms with Crippen LogP contribution >= 0.6 is 15.8 Å². The van der Waals surface area contributed by atoms with Crippen LogP contribution in [0, 0.1) is 0 Å². The van der Waals surface area contributed by atoms with Crippen molar-refractivity contribution in [1.29, 1.82) is 0 Å². The van der Waals surface area contributed by atoms with Gasteiger partial charge in [0.15, 0.2) is 0 Å². The van der Waals surface area contributed by atoms with Gasteiger partial charge in [0, 0.05) is 12.3 Å². The van der Waals surface area contributed by atoms with Crippen molar-refractivity contribution < 1.29 is 5.11 Å². The second kappa shape index (κ2) is 8.65. The minimum atomic E-state index is -0.778. The summed E-state index contributed by atoms with van der Waals surface area (Å²) in [5.41, 5.74) is 0.316. The Bertz CT molecular complexity index is 547. The van der Waals surface area contributed by atoms with Crippen LogP contribution in [0.1, 0.15) is 88.6 Å². The first-order chi connectivity index (χ1) is 12.3. The van der Waals surface area contributed by atoms with Gasteiger partial charge in [-0.2, -0.15) is 0 Å². The van der Waals surface area contributed by atoms with Crippen LogP contribution in [0.2, 0.25) is 0 Å². The molecule has 0 heterocycles. The highest BCUT2D eigenvalue weighted by Crippen LogP contribution is 2.66. The number of rotatable bonds is 5. The lowest BCUT2D eigenvalue weighted by atomic mass is 9.98. The predicted octanol–water partition coefficient (Wildman–Crippen LogP) is 8.03. The standard InChI is InChI=1S/C25H46OP2/c1-21(2,3)27(22(4,5)6)18-25(26,20-16-14-13-15-17-20)19-28(23(7,8)9)24(10,11)12/h13-17,26H,18-19H2,1-12H3. The molecule has 1 aromatic carbocycles.